The summed E-state index contributed by atoms with van der Waals surface area (Å²) in [5.74, 6) is -0.340. The quantitative estimate of drug-likeness (QED) is 0.273. The van der Waals surface area contributed by atoms with Crippen LogP contribution < -0.4 is 5.32 Å². The van der Waals surface area contributed by atoms with Crippen LogP contribution >= 0.6 is 46.8 Å². The first-order valence-corrected chi connectivity index (χ1v) is 13.4. The number of hydrogen-bond donors (Lipinski definition) is 1. The van der Waals surface area contributed by atoms with Gasteiger partial charge in [-0.1, -0.05) is 59.6 Å². The lowest BCUT2D eigenvalue weighted by Crippen LogP contribution is -2.49. The molecule has 0 saturated carbocycles. The molecule has 0 radical (unpaired) electrons. The van der Waals surface area contributed by atoms with Crippen LogP contribution in [-0.4, -0.2) is 53.7 Å². The first-order chi connectivity index (χ1) is 16.9. The van der Waals surface area contributed by atoms with Gasteiger partial charge in [0.25, 0.3) is 0 Å². The van der Waals surface area contributed by atoms with Gasteiger partial charge in [0.1, 0.15) is 10.6 Å². The van der Waals surface area contributed by atoms with Crippen molar-refractivity contribution in [3.05, 3.63) is 74.6 Å². The lowest BCUT2D eigenvalue weighted by molar-refractivity contribution is 0.0529. The molecule has 9 heteroatoms. The molecule has 1 saturated heterocycles. The average Bonchev–Trinajstić information content (AvgIpc) is 3.18. The van der Waals surface area contributed by atoms with Crippen LogP contribution in [0.2, 0.25) is 10.0 Å². The molecule has 0 amide bonds. The molecule has 35 heavy (non-hydrogen) atoms. The van der Waals surface area contributed by atoms with Crippen molar-refractivity contribution in [2.24, 2.45) is 0 Å². The highest BCUT2D eigenvalue weighted by Crippen LogP contribution is 2.40. The maximum Gasteiger partial charge on any atom is 0.341 e. The summed E-state index contributed by atoms with van der Waals surface area (Å²) in [5.41, 5.74) is 3.56. The van der Waals surface area contributed by atoms with Gasteiger partial charge < -0.3 is 15.0 Å². The predicted molar refractivity (Wildman–Crippen MR) is 150 cm³/mol. The van der Waals surface area contributed by atoms with Gasteiger partial charge in [0.05, 0.1) is 16.7 Å². The van der Waals surface area contributed by atoms with Crippen molar-refractivity contribution in [2.75, 3.05) is 38.1 Å². The number of aryl methyl sites for hydroxylation is 1. The minimum atomic E-state index is -0.340. The smallest absolute Gasteiger partial charge is 0.341 e. The van der Waals surface area contributed by atoms with Gasteiger partial charge in [0.15, 0.2) is 5.11 Å². The fourth-order valence-electron chi connectivity index (χ4n) is 4.16. The van der Waals surface area contributed by atoms with Crippen molar-refractivity contribution in [2.45, 2.75) is 20.4 Å². The Morgan fingerprint density at radius 3 is 2.46 bits per heavy atom. The number of ether oxygens (including phenoxy) is 1. The number of anilines is 1. The van der Waals surface area contributed by atoms with Crippen molar-refractivity contribution < 1.29 is 9.53 Å². The molecule has 0 atom stereocenters. The van der Waals surface area contributed by atoms with Gasteiger partial charge in [0, 0.05) is 43.2 Å². The molecule has 1 aromatic heterocycles. The van der Waals surface area contributed by atoms with Gasteiger partial charge in [-0.15, -0.1) is 11.3 Å². The van der Waals surface area contributed by atoms with E-state index in [1.54, 1.807) is 0 Å². The number of nitrogens with one attached hydrogen (secondary N) is 1. The molecule has 0 bridgehead atoms. The summed E-state index contributed by atoms with van der Waals surface area (Å²) < 4.78 is 5.40. The number of hydrogen-bond acceptors (Lipinski definition) is 5. The minimum absolute atomic E-state index is 0.312. The maximum atomic E-state index is 13.0. The molecular weight excluding hydrogens is 521 g/mol. The van der Waals surface area contributed by atoms with E-state index in [4.69, 9.17) is 40.2 Å². The zero-order valence-electron chi connectivity index (χ0n) is 19.6. The lowest BCUT2D eigenvalue weighted by Gasteiger charge is -2.36. The largest absolute Gasteiger partial charge is 0.462 e. The zero-order chi connectivity index (χ0) is 24.9. The molecular formula is C26H27Cl2N3O2S2. The van der Waals surface area contributed by atoms with Crippen LogP contribution in [0, 0.1) is 6.92 Å². The highest BCUT2D eigenvalue weighted by Gasteiger charge is 2.26. The third-order valence-electron chi connectivity index (χ3n) is 5.90. The number of halogens is 2. The van der Waals surface area contributed by atoms with Crippen LogP contribution in [0.25, 0.3) is 11.1 Å². The number of benzene rings is 2. The first-order valence-electron chi connectivity index (χ1n) is 11.5. The van der Waals surface area contributed by atoms with E-state index >= 15 is 0 Å². The Kier molecular flexibility index (Phi) is 8.68. The lowest BCUT2D eigenvalue weighted by atomic mass is 10.0. The van der Waals surface area contributed by atoms with Crippen molar-refractivity contribution in [1.29, 1.82) is 0 Å². The second kappa shape index (κ2) is 11.7. The van der Waals surface area contributed by atoms with Crippen molar-refractivity contribution in [3.63, 3.8) is 0 Å². The topological polar surface area (TPSA) is 44.8 Å². The Labute approximate surface area is 225 Å². The van der Waals surface area contributed by atoms with Crippen molar-refractivity contribution in [3.8, 4) is 11.1 Å². The molecule has 0 spiro atoms. The zero-order valence-corrected chi connectivity index (χ0v) is 22.8. The van der Waals surface area contributed by atoms with Crippen LogP contribution in [0.4, 0.5) is 5.00 Å². The highest BCUT2D eigenvalue weighted by molar-refractivity contribution is 7.80. The van der Waals surface area contributed by atoms with E-state index in [2.05, 4.69) is 15.1 Å². The summed E-state index contributed by atoms with van der Waals surface area (Å²) in [7, 11) is 0. The van der Waals surface area contributed by atoms with Crippen LogP contribution in [0.3, 0.4) is 0 Å². The number of nitrogens with zero attached hydrogens (tertiary/aromatic N) is 2. The van der Waals surface area contributed by atoms with E-state index in [9.17, 15) is 4.79 Å². The van der Waals surface area contributed by atoms with E-state index in [1.807, 2.05) is 62.4 Å². The summed E-state index contributed by atoms with van der Waals surface area (Å²) in [6.45, 7) is 8.27. The summed E-state index contributed by atoms with van der Waals surface area (Å²) in [4.78, 5) is 18.5. The van der Waals surface area contributed by atoms with Gasteiger partial charge in [-0.2, -0.15) is 0 Å². The molecule has 2 heterocycles. The first kappa shape index (κ1) is 25.9. The van der Waals surface area contributed by atoms with Gasteiger partial charge in [-0.3, -0.25) is 4.90 Å². The van der Waals surface area contributed by atoms with Gasteiger partial charge in [-0.05, 0) is 49.3 Å². The number of esters is 1. The molecule has 1 N–H and O–H groups in total. The Bertz CT molecular complexity index is 1210. The number of rotatable bonds is 6. The molecule has 1 fully saturated rings. The van der Waals surface area contributed by atoms with Gasteiger partial charge in [0.2, 0.25) is 0 Å². The minimum Gasteiger partial charge on any atom is -0.462 e. The highest BCUT2D eigenvalue weighted by atomic mass is 35.5. The SMILES string of the molecule is CCOC(=O)c1c(NC(=S)N2CCN(Cc3ccc(Cl)c(Cl)c3)CC2)sc(C)c1-c1ccccc1. The molecule has 184 valence electrons. The molecule has 5 nitrogen and oxygen atoms in total. The summed E-state index contributed by atoms with van der Waals surface area (Å²) in [6, 6.07) is 15.7. The Morgan fingerprint density at radius 1 is 1.09 bits per heavy atom. The summed E-state index contributed by atoms with van der Waals surface area (Å²) >= 11 is 19.5. The molecule has 4 rings (SSSR count). The molecule has 0 unspecified atom stereocenters. The van der Waals surface area contributed by atoms with Gasteiger partial charge >= 0.3 is 5.97 Å². The molecule has 1 aliphatic rings. The number of carbonyl (C=O) groups excluding carboxylic acids is 1. The Morgan fingerprint density at radius 2 is 1.80 bits per heavy atom. The fourth-order valence-corrected chi connectivity index (χ4v) is 5.90. The number of carbonyl (C=O) groups is 1. The standard InChI is InChI=1S/C26H27Cl2N3O2S2/c1-3-33-25(32)23-22(19-7-5-4-6-8-19)17(2)35-24(23)29-26(34)31-13-11-30(12-14-31)16-18-9-10-20(27)21(28)15-18/h4-10,15H,3,11-14,16H2,1-2H3,(H,29,34). The second-order valence-corrected chi connectivity index (χ2v) is 10.7. The Balaban J connectivity index is 1.45. The monoisotopic (exact) mass is 547 g/mol. The maximum absolute atomic E-state index is 13.0. The Hall–Kier alpha value is -2.16. The van der Waals surface area contributed by atoms with E-state index < -0.39 is 0 Å². The van der Waals surface area contributed by atoms with Crippen LogP contribution in [0.1, 0.15) is 27.7 Å². The van der Waals surface area contributed by atoms with E-state index in [0.29, 0.717) is 27.3 Å². The summed E-state index contributed by atoms with van der Waals surface area (Å²) in [6.07, 6.45) is 0. The van der Waals surface area contributed by atoms with Crippen LogP contribution in [0.5, 0.6) is 0 Å². The van der Waals surface area contributed by atoms with E-state index in [1.165, 1.54) is 11.3 Å². The third kappa shape index (κ3) is 6.16. The third-order valence-corrected chi connectivity index (χ3v) is 8.02. The fraction of sp³-hybridized carbons (Fsp3) is 0.308. The van der Waals surface area contributed by atoms with Crippen molar-refractivity contribution >= 4 is 62.8 Å². The molecule has 1 aliphatic heterocycles. The second-order valence-electron chi connectivity index (χ2n) is 8.27. The number of thiocarbonyl (C=S) groups is 1. The molecule has 3 aromatic rings. The number of piperazine rings is 1. The molecule has 0 aliphatic carbocycles. The average molecular weight is 549 g/mol. The van der Waals surface area contributed by atoms with Crippen LogP contribution in [0.15, 0.2) is 48.5 Å². The number of thiophene rings is 1. The van der Waals surface area contributed by atoms with Gasteiger partial charge in [-0.25, -0.2) is 4.79 Å². The van der Waals surface area contributed by atoms with E-state index in [0.717, 1.165) is 59.3 Å². The predicted octanol–water partition coefficient (Wildman–Crippen LogP) is 6.72. The summed E-state index contributed by atoms with van der Waals surface area (Å²) in [5, 5.41) is 5.84. The van der Waals surface area contributed by atoms with E-state index in [-0.39, 0.29) is 5.97 Å². The normalized spacial score (nSPS) is 14.1. The van der Waals surface area contributed by atoms with Crippen LogP contribution in [-0.2, 0) is 11.3 Å². The van der Waals surface area contributed by atoms with Crippen molar-refractivity contribution in [1.82, 2.24) is 9.80 Å². The molecule has 2 aromatic carbocycles.